The summed E-state index contributed by atoms with van der Waals surface area (Å²) in [5.74, 6) is -1.04. The van der Waals surface area contributed by atoms with E-state index in [-0.39, 0.29) is 18.0 Å². The van der Waals surface area contributed by atoms with Crippen molar-refractivity contribution in [3.8, 4) is 0 Å². The van der Waals surface area contributed by atoms with Gasteiger partial charge in [-0.25, -0.2) is 4.79 Å². The predicted octanol–water partition coefficient (Wildman–Crippen LogP) is 0.629. The van der Waals surface area contributed by atoms with Crippen molar-refractivity contribution in [3.63, 3.8) is 0 Å². The summed E-state index contributed by atoms with van der Waals surface area (Å²) in [6.07, 6.45) is 0. The van der Waals surface area contributed by atoms with Crippen LogP contribution in [0.3, 0.4) is 0 Å². The minimum atomic E-state index is -0.963. The molecule has 0 bridgehead atoms. The van der Waals surface area contributed by atoms with Crippen LogP contribution in [0, 0.1) is 6.92 Å². The zero-order valence-corrected chi connectivity index (χ0v) is 9.56. The summed E-state index contributed by atoms with van der Waals surface area (Å²) in [6.45, 7) is 3.24. The van der Waals surface area contributed by atoms with Gasteiger partial charge in [-0.1, -0.05) is 11.6 Å². The van der Waals surface area contributed by atoms with E-state index < -0.39 is 5.97 Å². The standard InChI is InChI=1S/C12H14N2O3/c1-8-2-3-10(9(6-8)12(16)17)14-5-4-13-11(15)7-14/h2-3,6H,4-5,7H2,1H3,(H,13,15)(H,16,17). The van der Waals surface area contributed by atoms with Gasteiger partial charge in [0.2, 0.25) is 5.91 Å². The van der Waals surface area contributed by atoms with Crippen molar-refractivity contribution in [2.75, 3.05) is 24.5 Å². The maximum Gasteiger partial charge on any atom is 0.337 e. The summed E-state index contributed by atoms with van der Waals surface area (Å²) in [7, 11) is 0. The lowest BCUT2D eigenvalue weighted by molar-refractivity contribution is -0.120. The quantitative estimate of drug-likeness (QED) is 0.787. The number of carbonyl (C=O) groups is 2. The van der Waals surface area contributed by atoms with E-state index in [2.05, 4.69) is 5.32 Å². The van der Waals surface area contributed by atoms with Crippen LogP contribution < -0.4 is 10.2 Å². The molecule has 1 saturated heterocycles. The van der Waals surface area contributed by atoms with Crippen LogP contribution in [0.25, 0.3) is 0 Å². The minimum Gasteiger partial charge on any atom is -0.478 e. The van der Waals surface area contributed by atoms with Crippen molar-refractivity contribution < 1.29 is 14.7 Å². The Balaban J connectivity index is 2.37. The summed E-state index contributed by atoms with van der Waals surface area (Å²) in [4.78, 5) is 24.3. The number of carbonyl (C=O) groups excluding carboxylic acids is 1. The molecule has 0 atom stereocenters. The molecule has 1 aliphatic heterocycles. The van der Waals surface area contributed by atoms with Crippen LogP contribution >= 0.6 is 0 Å². The summed E-state index contributed by atoms with van der Waals surface area (Å²) in [5, 5.41) is 11.9. The molecule has 0 saturated carbocycles. The van der Waals surface area contributed by atoms with Crippen LogP contribution in [-0.2, 0) is 4.79 Å². The van der Waals surface area contributed by atoms with Crippen molar-refractivity contribution in [2.45, 2.75) is 6.92 Å². The van der Waals surface area contributed by atoms with E-state index in [1.165, 1.54) is 0 Å². The highest BCUT2D eigenvalue weighted by atomic mass is 16.4. The number of piperazine rings is 1. The topological polar surface area (TPSA) is 69.6 Å². The number of nitrogens with zero attached hydrogens (tertiary/aromatic N) is 1. The molecule has 5 nitrogen and oxygen atoms in total. The first-order valence-corrected chi connectivity index (χ1v) is 5.43. The molecule has 0 spiro atoms. The Labute approximate surface area is 99.0 Å². The Kier molecular flexibility index (Phi) is 2.99. The third-order valence-electron chi connectivity index (χ3n) is 2.76. The first kappa shape index (κ1) is 11.4. The van der Waals surface area contributed by atoms with E-state index in [0.29, 0.717) is 18.8 Å². The van der Waals surface area contributed by atoms with Gasteiger partial charge >= 0.3 is 5.97 Å². The zero-order valence-electron chi connectivity index (χ0n) is 9.56. The number of anilines is 1. The van der Waals surface area contributed by atoms with Gasteiger partial charge in [-0.05, 0) is 19.1 Å². The molecule has 2 rings (SSSR count). The van der Waals surface area contributed by atoms with Crippen LogP contribution in [0.2, 0.25) is 0 Å². The molecule has 1 aromatic carbocycles. The minimum absolute atomic E-state index is 0.0758. The lowest BCUT2D eigenvalue weighted by atomic mass is 10.1. The van der Waals surface area contributed by atoms with E-state index in [4.69, 9.17) is 5.11 Å². The van der Waals surface area contributed by atoms with Crippen molar-refractivity contribution in [1.82, 2.24) is 5.32 Å². The molecule has 2 N–H and O–H groups in total. The number of rotatable bonds is 2. The second-order valence-corrected chi connectivity index (χ2v) is 4.10. The van der Waals surface area contributed by atoms with E-state index in [0.717, 1.165) is 5.56 Å². The molecule has 0 aromatic heterocycles. The van der Waals surface area contributed by atoms with Crippen molar-refractivity contribution in [1.29, 1.82) is 0 Å². The van der Waals surface area contributed by atoms with Crippen LogP contribution in [-0.4, -0.2) is 36.6 Å². The van der Waals surface area contributed by atoms with Crippen molar-refractivity contribution in [3.05, 3.63) is 29.3 Å². The van der Waals surface area contributed by atoms with Crippen molar-refractivity contribution >= 4 is 17.6 Å². The SMILES string of the molecule is Cc1ccc(N2CCNC(=O)C2)c(C(=O)O)c1. The molecule has 90 valence electrons. The van der Waals surface area contributed by atoms with Crippen LogP contribution in [0.1, 0.15) is 15.9 Å². The number of hydrogen-bond acceptors (Lipinski definition) is 3. The van der Waals surface area contributed by atoms with Gasteiger partial charge in [0.05, 0.1) is 17.8 Å². The summed E-state index contributed by atoms with van der Waals surface area (Å²) < 4.78 is 0. The van der Waals surface area contributed by atoms with Crippen LogP contribution in [0.5, 0.6) is 0 Å². The lowest BCUT2D eigenvalue weighted by Gasteiger charge is -2.29. The number of benzene rings is 1. The van der Waals surface area contributed by atoms with Gasteiger partial charge in [-0.15, -0.1) is 0 Å². The van der Waals surface area contributed by atoms with Gasteiger partial charge in [0.15, 0.2) is 0 Å². The average Bonchev–Trinajstić information content (AvgIpc) is 2.28. The van der Waals surface area contributed by atoms with E-state index >= 15 is 0 Å². The first-order chi connectivity index (χ1) is 8.08. The van der Waals surface area contributed by atoms with Crippen LogP contribution in [0.4, 0.5) is 5.69 Å². The van der Waals surface area contributed by atoms with E-state index in [9.17, 15) is 9.59 Å². The van der Waals surface area contributed by atoms with Gasteiger partial charge in [0.25, 0.3) is 0 Å². The molecule has 1 fully saturated rings. The number of aromatic carboxylic acids is 1. The van der Waals surface area contributed by atoms with E-state index in [1.54, 1.807) is 17.0 Å². The number of aryl methyl sites for hydroxylation is 1. The molecule has 1 amide bonds. The second-order valence-electron chi connectivity index (χ2n) is 4.10. The fraction of sp³-hybridized carbons (Fsp3) is 0.333. The zero-order chi connectivity index (χ0) is 12.4. The van der Waals surface area contributed by atoms with Gasteiger partial charge < -0.3 is 15.3 Å². The Morgan fingerprint density at radius 1 is 1.47 bits per heavy atom. The molecule has 1 heterocycles. The fourth-order valence-electron chi connectivity index (χ4n) is 1.94. The number of carboxylic acid groups (broad SMARTS) is 1. The molecule has 1 aromatic rings. The number of amides is 1. The van der Waals surface area contributed by atoms with E-state index in [1.807, 2.05) is 13.0 Å². The predicted molar refractivity (Wildman–Crippen MR) is 63.4 cm³/mol. The summed E-state index contributed by atoms with van der Waals surface area (Å²) >= 11 is 0. The van der Waals surface area contributed by atoms with Gasteiger partial charge in [-0.3, -0.25) is 4.79 Å². The van der Waals surface area contributed by atoms with Crippen molar-refractivity contribution in [2.24, 2.45) is 0 Å². The fourth-order valence-corrected chi connectivity index (χ4v) is 1.94. The molecular weight excluding hydrogens is 220 g/mol. The van der Waals surface area contributed by atoms with Gasteiger partial charge in [0, 0.05) is 13.1 Å². The normalized spacial score (nSPS) is 15.6. The summed E-state index contributed by atoms with van der Waals surface area (Å²) in [5.41, 5.74) is 1.75. The number of hydrogen-bond donors (Lipinski definition) is 2. The lowest BCUT2D eigenvalue weighted by Crippen LogP contribution is -2.48. The Bertz CT molecular complexity index is 471. The Hall–Kier alpha value is -2.04. The third kappa shape index (κ3) is 2.38. The molecule has 5 heteroatoms. The number of nitrogens with one attached hydrogen (secondary N) is 1. The molecular formula is C12H14N2O3. The largest absolute Gasteiger partial charge is 0.478 e. The smallest absolute Gasteiger partial charge is 0.337 e. The number of carboxylic acids is 1. The van der Waals surface area contributed by atoms with Gasteiger partial charge in [-0.2, -0.15) is 0 Å². The first-order valence-electron chi connectivity index (χ1n) is 5.43. The molecule has 1 aliphatic rings. The Morgan fingerprint density at radius 2 is 2.24 bits per heavy atom. The van der Waals surface area contributed by atoms with Crippen LogP contribution in [0.15, 0.2) is 18.2 Å². The molecule has 0 unspecified atom stereocenters. The maximum atomic E-state index is 11.3. The molecule has 0 aliphatic carbocycles. The molecule has 0 radical (unpaired) electrons. The highest BCUT2D eigenvalue weighted by molar-refractivity contribution is 5.96. The Morgan fingerprint density at radius 3 is 2.88 bits per heavy atom. The van der Waals surface area contributed by atoms with Gasteiger partial charge in [0.1, 0.15) is 0 Å². The highest BCUT2D eigenvalue weighted by Crippen LogP contribution is 2.22. The second kappa shape index (κ2) is 4.45. The monoisotopic (exact) mass is 234 g/mol. The highest BCUT2D eigenvalue weighted by Gasteiger charge is 2.21. The average molecular weight is 234 g/mol. The maximum absolute atomic E-state index is 11.3. The summed E-state index contributed by atoms with van der Waals surface area (Å²) in [6, 6.07) is 5.25. The third-order valence-corrected chi connectivity index (χ3v) is 2.76. The molecule has 17 heavy (non-hydrogen) atoms.